The Labute approximate surface area is 268 Å². The average Bonchev–Trinajstić information content (AvgIpc) is 3.49. The molecule has 4 amide bonds. The Morgan fingerprint density at radius 2 is 1.62 bits per heavy atom. The van der Waals surface area contributed by atoms with Gasteiger partial charge in [-0.3, -0.25) is 24.0 Å². The maximum atomic E-state index is 14.2. The number of rotatable bonds is 5. The van der Waals surface area contributed by atoms with Gasteiger partial charge in [-0.15, -0.1) is 11.3 Å². The van der Waals surface area contributed by atoms with E-state index in [1.165, 1.54) is 49.1 Å². The van der Waals surface area contributed by atoms with Crippen molar-refractivity contribution in [1.82, 2.24) is 25.4 Å². The molecule has 6 atom stereocenters. The molecule has 0 aliphatic carbocycles. The maximum absolute atomic E-state index is 14.2. The van der Waals surface area contributed by atoms with Gasteiger partial charge < -0.3 is 30.3 Å². The minimum Gasteiger partial charge on any atom is -0.508 e. The van der Waals surface area contributed by atoms with Crippen molar-refractivity contribution in [2.75, 3.05) is 14.1 Å². The number of phenolic OH excluding ortho intramolecular Hbond substituents is 1. The molecular weight excluding hydrogens is 598 g/mol. The lowest BCUT2D eigenvalue weighted by molar-refractivity contribution is -0.164. The van der Waals surface area contributed by atoms with E-state index in [9.17, 15) is 29.1 Å². The summed E-state index contributed by atoms with van der Waals surface area (Å²) in [4.78, 5) is 75.2. The van der Waals surface area contributed by atoms with Gasteiger partial charge in [0.25, 0.3) is 11.8 Å². The third-order valence-electron chi connectivity index (χ3n) is 8.14. The number of fused-ring (bicyclic) bond motifs is 2. The van der Waals surface area contributed by atoms with Gasteiger partial charge in [-0.05, 0) is 50.8 Å². The predicted octanol–water partition coefficient (Wildman–Crippen LogP) is 3.06. The molecule has 0 fully saturated rings. The number of nitrogens with zero attached hydrogens (tertiary/aromatic N) is 3. The Hall–Kier alpha value is -4.00. The summed E-state index contributed by atoms with van der Waals surface area (Å²) in [6, 6.07) is 3.19. The molecule has 2 aromatic rings. The Morgan fingerprint density at radius 3 is 2.22 bits per heavy atom. The van der Waals surface area contributed by atoms with E-state index in [2.05, 4.69) is 15.6 Å². The standard InChI is InChI=1S/C32H45N5O7S/c1-9-10-23-18(4)32(43)44-20(6)30(41)36(7)24(15-21-11-13-22(38)14-12-21)31(42)37(8)26(17(2)3)28(40)34-19(5)29-33-16-25(45-29)27(39)35-23/h11-14,16-20,23-24,26,38H,9-10,15H2,1-8H3,(H,34,40)(H,35,39)/t18-,19+,20+,23-,24+,26+/m1/s1. The van der Waals surface area contributed by atoms with Gasteiger partial charge >= 0.3 is 5.97 Å². The van der Waals surface area contributed by atoms with E-state index in [-0.39, 0.29) is 18.1 Å². The Morgan fingerprint density at radius 1 is 0.978 bits per heavy atom. The highest BCUT2D eigenvalue weighted by molar-refractivity contribution is 7.13. The van der Waals surface area contributed by atoms with Gasteiger partial charge in [0.15, 0.2) is 6.10 Å². The van der Waals surface area contributed by atoms with Crippen LogP contribution in [0.1, 0.15) is 80.7 Å². The van der Waals surface area contributed by atoms with E-state index < -0.39 is 65.8 Å². The molecular formula is C32H45N5O7S. The summed E-state index contributed by atoms with van der Waals surface area (Å²) in [5.74, 6) is -3.58. The first kappa shape index (κ1) is 35.5. The molecule has 13 heteroatoms. The number of nitrogens with one attached hydrogen (secondary N) is 2. The molecule has 0 spiro atoms. The normalized spacial score (nSPS) is 26.1. The Bertz CT molecular complexity index is 1380. The topological polar surface area (TPSA) is 158 Å². The van der Waals surface area contributed by atoms with Crippen LogP contribution in [-0.2, 0) is 30.3 Å². The number of amides is 4. The second kappa shape index (κ2) is 15.3. The van der Waals surface area contributed by atoms with Crippen molar-refractivity contribution < 1.29 is 33.8 Å². The number of hydrogen-bond donors (Lipinski definition) is 3. The van der Waals surface area contributed by atoms with Crippen LogP contribution in [0.25, 0.3) is 0 Å². The summed E-state index contributed by atoms with van der Waals surface area (Å²) in [6.45, 7) is 10.4. The zero-order chi connectivity index (χ0) is 33.6. The van der Waals surface area contributed by atoms with Crippen molar-refractivity contribution in [2.24, 2.45) is 11.8 Å². The highest BCUT2D eigenvalue weighted by atomic mass is 32.1. The summed E-state index contributed by atoms with van der Waals surface area (Å²) in [5.41, 5.74) is 0.674. The van der Waals surface area contributed by atoms with Gasteiger partial charge in [0, 0.05) is 26.6 Å². The molecule has 0 radical (unpaired) electrons. The SMILES string of the molecule is CCC[C@H]1NC(=O)c2cnc(s2)[C@H](C)NC(=O)[C@H](C(C)C)N(C)C(=O)[C@H](Cc2ccc(O)cc2)N(C)C(=O)[C@H](C)OC(=O)[C@@H]1C. The second-order valence-corrected chi connectivity index (χ2v) is 13.1. The number of carbonyl (C=O) groups is 5. The number of cyclic esters (lactones) is 1. The molecule has 246 valence electrons. The second-order valence-electron chi connectivity index (χ2n) is 12.0. The monoisotopic (exact) mass is 643 g/mol. The van der Waals surface area contributed by atoms with Gasteiger partial charge in [0.1, 0.15) is 27.7 Å². The van der Waals surface area contributed by atoms with Gasteiger partial charge in [0.05, 0.1) is 18.2 Å². The molecule has 12 nitrogen and oxygen atoms in total. The minimum atomic E-state index is -1.24. The zero-order valence-corrected chi connectivity index (χ0v) is 28.0. The molecule has 3 N–H and O–H groups in total. The van der Waals surface area contributed by atoms with Crippen molar-refractivity contribution in [3.8, 4) is 5.75 Å². The predicted molar refractivity (Wildman–Crippen MR) is 169 cm³/mol. The Balaban J connectivity index is 2.07. The fourth-order valence-corrected chi connectivity index (χ4v) is 6.25. The number of aromatic nitrogens is 1. The molecule has 1 aliphatic rings. The van der Waals surface area contributed by atoms with Crippen LogP contribution in [0.3, 0.4) is 0 Å². The third kappa shape index (κ3) is 8.59. The molecule has 0 saturated carbocycles. The fourth-order valence-electron chi connectivity index (χ4n) is 5.43. The summed E-state index contributed by atoms with van der Waals surface area (Å²) < 4.78 is 5.60. The van der Waals surface area contributed by atoms with E-state index in [1.54, 1.807) is 26.0 Å². The van der Waals surface area contributed by atoms with Crippen LogP contribution in [0.15, 0.2) is 30.5 Å². The van der Waals surface area contributed by atoms with Crippen molar-refractivity contribution in [3.63, 3.8) is 0 Å². The average molecular weight is 644 g/mol. The lowest BCUT2D eigenvalue weighted by atomic mass is 9.97. The number of ether oxygens (including phenoxy) is 1. The van der Waals surface area contributed by atoms with Gasteiger partial charge in [0.2, 0.25) is 11.8 Å². The Kier molecular flexibility index (Phi) is 12.1. The fraction of sp³-hybridized carbons (Fsp3) is 0.562. The van der Waals surface area contributed by atoms with Crippen molar-refractivity contribution in [1.29, 1.82) is 0 Å². The lowest BCUT2D eigenvalue weighted by Gasteiger charge is -2.37. The smallest absolute Gasteiger partial charge is 0.311 e. The molecule has 0 saturated heterocycles. The lowest BCUT2D eigenvalue weighted by Crippen LogP contribution is -2.58. The van der Waals surface area contributed by atoms with Crippen LogP contribution in [0, 0.1) is 11.8 Å². The molecule has 2 heterocycles. The number of phenols is 1. The van der Waals surface area contributed by atoms with E-state index in [4.69, 9.17) is 4.74 Å². The van der Waals surface area contributed by atoms with E-state index in [0.29, 0.717) is 28.3 Å². The van der Waals surface area contributed by atoms with Gasteiger partial charge in [-0.25, -0.2) is 4.98 Å². The number of carbonyl (C=O) groups excluding carboxylic acids is 5. The van der Waals surface area contributed by atoms with Crippen LogP contribution < -0.4 is 10.6 Å². The number of thiazole rings is 1. The third-order valence-corrected chi connectivity index (χ3v) is 9.32. The zero-order valence-electron chi connectivity index (χ0n) is 27.2. The first-order valence-corrected chi connectivity index (χ1v) is 16.1. The molecule has 1 aromatic heterocycles. The minimum absolute atomic E-state index is 0.0531. The highest BCUT2D eigenvalue weighted by Crippen LogP contribution is 2.24. The van der Waals surface area contributed by atoms with E-state index in [1.807, 2.05) is 20.8 Å². The van der Waals surface area contributed by atoms with Crippen LogP contribution in [0.5, 0.6) is 5.75 Å². The number of likely N-dealkylation sites (N-methyl/N-ethyl adjacent to an activating group) is 2. The summed E-state index contributed by atoms with van der Waals surface area (Å²) in [6.07, 6.45) is 1.46. The molecule has 1 aromatic carbocycles. The van der Waals surface area contributed by atoms with Crippen LogP contribution in [0.2, 0.25) is 0 Å². The summed E-state index contributed by atoms with van der Waals surface area (Å²) in [7, 11) is 2.98. The molecule has 45 heavy (non-hydrogen) atoms. The van der Waals surface area contributed by atoms with Crippen molar-refractivity contribution >= 4 is 40.9 Å². The van der Waals surface area contributed by atoms with Crippen molar-refractivity contribution in [2.45, 2.75) is 91.1 Å². The quantitative estimate of drug-likeness (QED) is 0.420. The maximum Gasteiger partial charge on any atom is 0.311 e. The molecule has 2 bridgehead atoms. The highest BCUT2D eigenvalue weighted by Gasteiger charge is 2.39. The molecule has 0 unspecified atom stereocenters. The largest absolute Gasteiger partial charge is 0.508 e. The number of esters is 1. The van der Waals surface area contributed by atoms with Gasteiger partial charge in [-0.1, -0.05) is 39.3 Å². The van der Waals surface area contributed by atoms with Crippen molar-refractivity contribution in [3.05, 3.63) is 45.9 Å². The summed E-state index contributed by atoms with van der Waals surface area (Å²) >= 11 is 1.13. The number of hydrogen-bond acceptors (Lipinski definition) is 9. The first-order chi connectivity index (χ1) is 21.2. The molecule has 3 rings (SSSR count). The van der Waals surface area contributed by atoms with Crippen LogP contribution in [0.4, 0.5) is 0 Å². The van der Waals surface area contributed by atoms with E-state index >= 15 is 0 Å². The number of aromatic hydroxyl groups is 1. The van der Waals surface area contributed by atoms with Crippen LogP contribution >= 0.6 is 11.3 Å². The van der Waals surface area contributed by atoms with E-state index in [0.717, 1.165) is 11.3 Å². The van der Waals surface area contributed by atoms with Crippen LogP contribution in [-0.4, -0.2) is 87.8 Å². The summed E-state index contributed by atoms with van der Waals surface area (Å²) in [5, 5.41) is 16.1. The number of benzene rings is 1. The first-order valence-electron chi connectivity index (χ1n) is 15.2. The van der Waals surface area contributed by atoms with Gasteiger partial charge in [-0.2, -0.15) is 0 Å². The molecule has 1 aliphatic heterocycles.